The lowest BCUT2D eigenvalue weighted by molar-refractivity contribution is -0.384. The van der Waals surface area contributed by atoms with E-state index >= 15 is 0 Å². The van der Waals surface area contributed by atoms with E-state index in [1.807, 2.05) is 0 Å². The Balaban J connectivity index is 2.18. The summed E-state index contributed by atoms with van der Waals surface area (Å²) >= 11 is 0. The molecule has 1 aromatic carbocycles. The van der Waals surface area contributed by atoms with Crippen LogP contribution in [0.1, 0.15) is 18.4 Å². The molecule has 110 valence electrons. The third-order valence-corrected chi connectivity index (χ3v) is 3.19. The highest BCUT2D eigenvalue weighted by atomic mass is 19.4. The number of anilines is 1. The number of hydrogen-bond donors (Lipinski definition) is 1. The third-order valence-electron chi connectivity index (χ3n) is 3.19. The van der Waals surface area contributed by atoms with Crippen molar-refractivity contribution >= 4 is 11.4 Å². The molecule has 0 atom stereocenters. The van der Waals surface area contributed by atoms with Gasteiger partial charge in [-0.05, 0) is 18.4 Å². The lowest BCUT2D eigenvalue weighted by Gasteiger charge is -2.23. The largest absolute Gasteiger partial charge is 0.401 e. The minimum absolute atomic E-state index is 0.0301. The van der Waals surface area contributed by atoms with Gasteiger partial charge in [-0.2, -0.15) is 13.2 Å². The standard InChI is InChI=1S/C12H14F3N3O2/c13-12(14,15)7-17(9-4-5-9)6-8-2-1-3-10(11(8)16)18(19)20/h1-3,9H,4-7,16H2. The van der Waals surface area contributed by atoms with Crippen LogP contribution in [0.25, 0.3) is 0 Å². The summed E-state index contributed by atoms with van der Waals surface area (Å²) in [4.78, 5) is 11.4. The van der Waals surface area contributed by atoms with Crippen LogP contribution in [0.2, 0.25) is 0 Å². The Morgan fingerprint density at radius 3 is 2.55 bits per heavy atom. The average Bonchev–Trinajstić information content (AvgIpc) is 3.12. The van der Waals surface area contributed by atoms with Crippen LogP contribution >= 0.6 is 0 Å². The Labute approximate surface area is 113 Å². The molecular formula is C12H14F3N3O2. The van der Waals surface area contributed by atoms with Crippen LogP contribution in [-0.2, 0) is 6.54 Å². The molecule has 0 aromatic heterocycles. The van der Waals surface area contributed by atoms with Crippen molar-refractivity contribution in [3.8, 4) is 0 Å². The van der Waals surface area contributed by atoms with Crippen LogP contribution in [0.5, 0.6) is 0 Å². The number of rotatable bonds is 5. The van der Waals surface area contributed by atoms with Gasteiger partial charge < -0.3 is 5.73 Å². The fraction of sp³-hybridized carbons (Fsp3) is 0.500. The van der Waals surface area contributed by atoms with Gasteiger partial charge in [0.2, 0.25) is 0 Å². The van der Waals surface area contributed by atoms with Crippen LogP contribution in [0.4, 0.5) is 24.5 Å². The maximum Gasteiger partial charge on any atom is 0.401 e. The van der Waals surface area contributed by atoms with Gasteiger partial charge in [-0.25, -0.2) is 0 Å². The van der Waals surface area contributed by atoms with Crippen LogP contribution < -0.4 is 5.73 Å². The second kappa shape index (κ2) is 5.28. The molecule has 20 heavy (non-hydrogen) atoms. The molecule has 1 saturated carbocycles. The van der Waals surface area contributed by atoms with E-state index in [1.165, 1.54) is 23.1 Å². The number of alkyl halides is 3. The molecule has 0 amide bonds. The third kappa shape index (κ3) is 3.60. The van der Waals surface area contributed by atoms with Crippen molar-refractivity contribution in [1.29, 1.82) is 0 Å². The summed E-state index contributed by atoms with van der Waals surface area (Å²) in [5, 5.41) is 10.8. The minimum atomic E-state index is -4.29. The SMILES string of the molecule is Nc1c(CN(CC(F)(F)F)C2CC2)cccc1[N+](=O)[O-]. The van der Waals surface area contributed by atoms with E-state index < -0.39 is 17.6 Å². The monoisotopic (exact) mass is 289 g/mol. The second-order valence-electron chi connectivity index (χ2n) is 4.86. The van der Waals surface area contributed by atoms with Crippen LogP contribution in [0.15, 0.2) is 18.2 Å². The predicted octanol–water partition coefficient (Wildman–Crippen LogP) is 2.70. The zero-order chi connectivity index (χ0) is 14.9. The lowest BCUT2D eigenvalue weighted by atomic mass is 10.1. The zero-order valence-electron chi connectivity index (χ0n) is 10.6. The van der Waals surface area contributed by atoms with E-state index in [-0.39, 0.29) is 24.0 Å². The average molecular weight is 289 g/mol. The Morgan fingerprint density at radius 2 is 2.05 bits per heavy atom. The molecule has 1 aliphatic rings. The molecule has 0 saturated heterocycles. The normalized spacial score (nSPS) is 15.6. The molecule has 0 spiro atoms. The molecule has 2 N–H and O–H groups in total. The maximum atomic E-state index is 12.5. The van der Waals surface area contributed by atoms with Crippen molar-refractivity contribution in [1.82, 2.24) is 4.90 Å². The van der Waals surface area contributed by atoms with Crippen LogP contribution in [0.3, 0.4) is 0 Å². The molecule has 1 fully saturated rings. The summed E-state index contributed by atoms with van der Waals surface area (Å²) in [5.41, 5.74) is 5.69. The predicted molar refractivity (Wildman–Crippen MR) is 67.0 cm³/mol. The van der Waals surface area contributed by atoms with Crippen molar-refractivity contribution in [2.24, 2.45) is 0 Å². The summed E-state index contributed by atoms with van der Waals surface area (Å²) in [5.74, 6) is 0. The Morgan fingerprint density at radius 1 is 1.40 bits per heavy atom. The van der Waals surface area contributed by atoms with Crippen molar-refractivity contribution < 1.29 is 18.1 Å². The smallest absolute Gasteiger partial charge is 0.393 e. The van der Waals surface area contributed by atoms with Gasteiger partial charge >= 0.3 is 6.18 Å². The summed E-state index contributed by atoms with van der Waals surface area (Å²) in [6.07, 6.45) is -2.87. The van der Waals surface area contributed by atoms with Crippen LogP contribution in [0, 0.1) is 10.1 Å². The molecule has 0 bridgehead atoms. The lowest BCUT2D eigenvalue weighted by Crippen LogP contribution is -2.35. The molecule has 5 nitrogen and oxygen atoms in total. The van der Waals surface area contributed by atoms with Gasteiger partial charge in [0.1, 0.15) is 5.69 Å². The van der Waals surface area contributed by atoms with E-state index in [2.05, 4.69) is 0 Å². The number of para-hydroxylation sites is 1. The van der Waals surface area contributed by atoms with E-state index in [9.17, 15) is 23.3 Å². The topological polar surface area (TPSA) is 72.4 Å². The van der Waals surface area contributed by atoms with E-state index in [0.717, 1.165) is 0 Å². The minimum Gasteiger partial charge on any atom is -0.393 e. The second-order valence-corrected chi connectivity index (χ2v) is 4.86. The van der Waals surface area contributed by atoms with Crippen molar-refractivity contribution in [2.45, 2.75) is 31.6 Å². The highest BCUT2D eigenvalue weighted by Crippen LogP contribution is 2.33. The van der Waals surface area contributed by atoms with E-state index in [4.69, 9.17) is 5.73 Å². The Hall–Kier alpha value is -1.83. The highest BCUT2D eigenvalue weighted by Gasteiger charge is 2.38. The van der Waals surface area contributed by atoms with Crippen molar-refractivity contribution in [2.75, 3.05) is 12.3 Å². The first kappa shape index (κ1) is 14.6. The number of halogens is 3. The first-order valence-electron chi connectivity index (χ1n) is 6.10. The summed E-state index contributed by atoms with van der Waals surface area (Å²) in [6.45, 7) is -1.06. The van der Waals surface area contributed by atoms with Crippen LogP contribution in [-0.4, -0.2) is 28.6 Å². The number of nitrogens with two attached hydrogens (primary N) is 1. The number of hydrogen-bond acceptors (Lipinski definition) is 4. The van der Waals surface area contributed by atoms with Gasteiger partial charge in [-0.15, -0.1) is 0 Å². The summed E-state index contributed by atoms with van der Waals surface area (Å²) < 4.78 is 37.6. The van der Waals surface area contributed by atoms with Crippen molar-refractivity contribution in [3.63, 3.8) is 0 Å². The van der Waals surface area contributed by atoms with Gasteiger partial charge in [0.05, 0.1) is 11.5 Å². The quantitative estimate of drug-likeness (QED) is 0.514. The molecule has 0 heterocycles. The molecular weight excluding hydrogens is 275 g/mol. The maximum absolute atomic E-state index is 12.5. The van der Waals surface area contributed by atoms with E-state index in [1.54, 1.807) is 0 Å². The van der Waals surface area contributed by atoms with Gasteiger partial charge in [0.15, 0.2) is 0 Å². The van der Waals surface area contributed by atoms with Gasteiger partial charge in [0.25, 0.3) is 5.69 Å². The molecule has 0 unspecified atom stereocenters. The fourth-order valence-electron chi connectivity index (χ4n) is 2.10. The molecule has 0 aliphatic heterocycles. The first-order valence-corrected chi connectivity index (χ1v) is 6.10. The summed E-state index contributed by atoms with van der Waals surface area (Å²) in [6, 6.07) is 4.08. The molecule has 0 radical (unpaired) electrons. The summed E-state index contributed by atoms with van der Waals surface area (Å²) in [7, 11) is 0. The number of nitro groups is 1. The number of nitrogens with zero attached hydrogens (tertiary/aromatic N) is 2. The first-order chi connectivity index (χ1) is 9.28. The number of nitro benzene ring substituents is 1. The van der Waals surface area contributed by atoms with Gasteiger partial charge in [-0.3, -0.25) is 15.0 Å². The van der Waals surface area contributed by atoms with Crippen molar-refractivity contribution in [3.05, 3.63) is 33.9 Å². The Bertz CT molecular complexity index is 515. The van der Waals surface area contributed by atoms with Gasteiger partial charge in [-0.1, -0.05) is 12.1 Å². The Kier molecular flexibility index (Phi) is 3.85. The molecule has 1 aliphatic carbocycles. The highest BCUT2D eigenvalue weighted by molar-refractivity contribution is 5.62. The zero-order valence-corrected chi connectivity index (χ0v) is 10.6. The molecule has 1 aromatic rings. The van der Waals surface area contributed by atoms with Gasteiger partial charge in [0, 0.05) is 18.7 Å². The van der Waals surface area contributed by atoms with E-state index in [0.29, 0.717) is 18.4 Å². The number of benzene rings is 1. The molecule has 8 heteroatoms. The molecule has 2 rings (SSSR count). The fourth-order valence-corrected chi connectivity index (χ4v) is 2.10. The number of nitrogen functional groups attached to an aromatic ring is 1.